The number of aromatic nitrogens is 1. The van der Waals surface area contributed by atoms with Crippen LogP contribution in [0.4, 0.5) is 0 Å². The number of hydrogen-bond donors (Lipinski definition) is 3. The zero-order valence-corrected chi connectivity index (χ0v) is 11.9. The average Bonchev–Trinajstić information content (AvgIpc) is 3.08. The molecule has 0 bridgehead atoms. The molecule has 2 rings (SSSR count). The standard InChI is InChI=1S/C14H23N5O/c1-2-15-14(16-7-10-19-8-3-4-9-19)17-11-13(20)18-12-5-6-12/h3-4,8-9,12H,2,5-7,10-11H2,1H3,(H,18,20)(H2,15,16,17). The van der Waals surface area contributed by atoms with Gasteiger partial charge in [-0.15, -0.1) is 0 Å². The van der Waals surface area contributed by atoms with Crippen LogP contribution in [0.1, 0.15) is 19.8 Å². The molecule has 0 saturated heterocycles. The Labute approximate surface area is 119 Å². The fourth-order valence-corrected chi connectivity index (χ4v) is 1.82. The summed E-state index contributed by atoms with van der Waals surface area (Å²) in [7, 11) is 0. The van der Waals surface area contributed by atoms with Gasteiger partial charge in [-0.3, -0.25) is 4.79 Å². The number of rotatable bonds is 7. The highest BCUT2D eigenvalue weighted by molar-refractivity contribution is 5.85. The molecule has 110 valence electrons. The summed E-state index contributed by atoms with van der Waals surface area (Å²) in [5.41, 5.74) is 0. The molecular weight excluding hydrogens is 254 g/mol. The molecule has 0 aliphatic heterocycles. The van der Waals surface area contributed by atoms with Gasteiger partial charge in [0.2, 0.25) is 5.91 Å². The van der Waals surface area contributed by atoms with Crippen molar-refractivity contribution in [3.8, 4) is 0 Å². The second kappa shape index (κ2) is 7.57. The summed E-state index contributed by atoms with van der Waals surface area (Å²) in [6, 6.07) is 4.39. The maximum atomic E-state index is 11.6. The van der Waals surface area contributed by atoms with Crippen LogP contribution in [0.5, 0.6) is 0 Å². The fraction of sp³-hybridized carbons (Fsp3) is 0.571. The van der Waals surface area contributed by atoms with Crippen LogP contribution in [0, 0.1) is 0 Å². The molecule has 1 fully saturated rings. The second-order valence-electron chi connectivity index (χ2n) is 4.88. The Balaban J connectivity index is 1.71. The molecule has 0 atom stereocenters. The fourth-order valence-electron chi connectivity index (χ4n) is 1.82. The number of carbonyl (C=O) groups excluding carboxylic acids is 1. The SMILES string of the molecule is CCNC(=NCC(=O)NC1CC1)NCCn1cccc1. The third kappa shape index (κ3) is 5.34. The van der Waals surface area contributed by atoms with Gasteiger partial charge in [0.1, 0.15) is 6.54 Å². The zero-order valence-electron chi connectivity index (χ0n) is 11.9. The average molecular weight is 277 g/mol. The van der Waals surface area contributed by atoms with Crippen molar-refractivity contribution in [2.24, 2.45) is 4.99 Å². The normalized spacial score (nSPS) is 14.9. The van der Waals surface area contributed by atoms with Crippen molar-refractivity contribution in [2.45, 2.75) is 32.4 Å². The minimum Gasteiger partial charge on any atom is -0.357 e. The summed E-state index contributed by atoms with van der Waals surface area (Å²) in [5, 5.41) is 9.28. The smallest absolute Gasteiger partial charge is 0.242 e. The van der Waals surface area contributed by atoms with Gasteiger partial charge < -0.3 is 20.5 Å². The molecule has 0 aromatic carbocycles. The quantitative estimate of drug-likeness (QED) is 0.496. The highest BCUT2D eigenvalue weighted by Gasteiger charge is 2.22. The van der Waals surface area contributed by atoms with E-state index in [4.69, 9.17) is 0 Å². The molecule has 20 heavy (non-hydrogen) atoms. The summed E-state index contributed by atoms with van der Waals surface area (Å²) >= 11 is 0. The van der Waals surface area contributed by atoms with Crippen LogP contribution < -0.4 is 16.0 Å². The van der Waals surface area contributed by atoms with E-state index in [1.165, 1.54) is 0 Å². The Morgan fingerprint density at radius 1 is 1.30 bits per heavy atom. The number of aliphatic imine (C=N–C) groups is 1. The number of nitrogens with one attached hydrogen (secondary N) is 3. The largest absolute Gasteiger partial charge is 0.357 e. The van der Waals surface area contributed by atoms with E-state index in [1.807, 2.05) is 31.5 Å². The second-order valence-corrected chi connectivity index (χ2v) is 4.88. The Morgan fingerprint density at radius 3 is 2.70 bits per heavy atom. The highest BCUT2D eigenvalue weighted by atomic mass is 16.2. The van der Waals surface area contributed by atoms with Gasteiger partial charge in [-0.05, 0) is 31.9 Å². The van der Waals surface area contributed by atoms with E-state index >= 15 is 0 Å². The third-order valence-corrected chi connectivity index (χ3v) is 3.00. The van der Waals surface area contributed by atoms with E-state index in [0.717, 1.165) is 32.5 Å². The van der Waals surface area contributed by atoms with Crippen LogP contribution in [0.3, 0.4) is 0 Å². The monoisotopic (exact) mass is 277 g/mol. The van der Waals surface area contributed by atoms with Crippen molar-refractivity contribution in [1.29, 1.82) is 0 Å². The first kappa shape index (κ1) is 14.4. The Hall–Kier alpha value is -1.98. The van der Waals surface area contributed by atoms with Crippen molar-refractivity contribution >= 4 is 11.9 Å². The van der Waals surface area contributed by atoms with Crippen molar-refractivity contribution in [3.63, 3.8) is 0 Å². The Bertz CT molecular complexity index is 436. The molecular formula is C14H23N5O. The number of amides is 1. The van der Waals surface area contributed by atoms with Crippen LogP contribution in [0.2, 0.25) is 0 Å². The van der Waals surface area contributed by atoms with E-state index in [9.17, 15) is 4.79 Å². The minimum absolute atomic E-state index is 0.00453. The Morgan fingerprint density at radius 2 is 2.05 bits per heavy atom. The van der Waals surface area contributed by atoms with E-state index in [1.54, 1.807) is 0 Å². The van der Waals surface area contributed by atoms with Gasteiger partial charge in [-0.1, -0.05) is 0 Å². The molecule has 1 aromatic heterocycles. The van der Waals surface area contributed by atoms with Gasteiger partial charge in [-0.25, -0.2) is 4.99 Å². The van der Waals surface area contributed by atoms with E-state index in [2.05, 4.69) is 25.5 Å². The molecule has 0 spiro atoms. The molecule has 0 unspecified atom stereocenters. The molecule has 0 radical (unpaired) electrons. The topological polar surface area (TPSA) is 70.4 Å². The number of carbonyl (C=O) groups is 1. The lowest BCUT2D eigenvalue weighted by Gasteiger charge is -2.11. The molecule has 1 aliphatic rings. The van der Waals surface area contributed by atoms with Gasteiger partial charge >= 0.3 is 0 Å². The molecule has 1 saturated carbocycles. The van der Waals surface area contributed by atoms with Crippen LogP contribution in [0.25, 0.3) is 0 Å². The van der Waals surface area contributed by atoms with Crippen molar-refractivity contribution < 1.29 is 4.79 Å². The highest BCUT2D eigenvalue weighted by Crippen LogP contribution is 2.18. The van der Waals surface area contributed by atoms with Crippen LogP contribution in [-0.4, -0.2) is 42.1 Å². The zero-order chi connectivity index (χ0) is 14.2. The molecule has 1 heterocycles. The summed E-state index contributed by atoms with van der Waals surface area (Å²) in [6.07, 6.45) is 6.25. The molecule has 1 amide bonds. The summed E-state index contributed by atoms with van der Waals surface area (Å²) in [5.74, 6) is 0.681. The Kier molecular flexibility index (Phi) is 5.46. The maximum Gasteiger partial charge on any atom is 0.242 e. The number of nitrogens with zero attached hydrogens (tertiary/aromatic N) is 2. The van der Waals surface area contributed by atoms with Gasteiger partial charge in [0.05, 0.1) is 0 Å². The lowest BCUT2D eigenvalue weighted by molar-refractivity contribution is -0.119. The van der Waals surface area contributed by atoms with Crippen molar-refractivity contribution in [2.75, 3.05) is 19.6 Å². The lowest BCUT2D eigenvalue weighted by atomic mass is 10.5. The maximum absolute atomic E-state index is 11.6. The summed E-state index contributed by atoms with van der Waals surface area (Å²) in [6.45, 7) is 4.60. The number of guanidine groups is 1. The van der Waals surface area contributed by atoms with E-state index in [0.29, 0.717) is 12.0 Å². The number of hydrogen-bond acceptors (Lipinski definition) is 2. The van der Waals surface area contributed by atoms with Gasteiger partial charge in [-0.2, -0.15) is 0 Å². The van der Waals surface area contributed by atoms with Gasteiger partial charge in [0.25, 0.3) is 0 Å². The predicted octanol–water partition coefficient (Wildman–Crippen LogP) is 0.322. The van der Waals surface area contributed by atoms with Gasteiger partial charge in [0.15, 0.2) is 5.96 Å². The molecule has 6 heteroatoms. The minimum atomic E-state index is -0.00453. The molecule has 1 aliphatic carbocycles. The first-order chi connectivity index (χ1) is 9.78. The third-order valence-electron chi connectivity index (χ3n) is 3.00. The van der Waals surface area contributed by atoms with Crippen LogP contribution in [-0.2, 0) is 11.3 Å². The molecule has 3 N–H and O–H groups in total. The first-order valence-electron chi connectivity index (χ1n) is 7.20. The lowest BCUT2D eigenvalue weighted by Crippen LogP contribution is -2.40. The first-order valence-corrected chi connectivity index (χ1v) is 7.20. The van der Waals surface area contributed by atoms with Crippen LogP contribution in [0.15, 0.2) is 29.5 Å². The predicted molar refractivity (Wildman–Crippen MR) is 79.6 cm³/mol. The van der Waals surface area contributed by atoms with Crippen molar-refractivity contribution in [3.05, 3.63) is 24.5 Å². The summed E-state index contributed by atoms with van der Waals surface area (Å²) < 4.78 is 2.09. The van der Waals surface area contributed by atoms with E-state index < -0.39 is 0 Å². The van der Waals surface area contributed by atoms with E-state index in [-0.39, 0.29) is 12.5 Å². The molecule has 6 nitrogen and oxygen atoms in total. The van der Waals surface area contributed by atoms with Gasteiger partial charge in [0, 0.05) is 38.1 Å². The van der Waals surface area contributed by atoms with Crippen LogP contribution >= 0.6 is 0 Å². The molecule has 1 aromatic rings. The summed E-state index contributed by atoms with van der Waals surface area (Å²) in [4.78, 5) is 15.9. The van der Waals surface area contributed by atoms with Crippen molar-refractivity contribution in [1.82, 2.24) is 20.5 Å².